The topological polar surface area (TPSA) is 32.3 Å². The van der Waals surface area contributed by atoms with Crippen LogP contribution in [0.15, 0.2) is 35.7 Å². The van der Waals surface area contributed by atoms with Crippen LogP contribution in [0.2, 0.25) is 0 Å². The van der Waals surface area contributed by atoms with Crippen molar-refractivity contribution in [3.63, 3.8) is 0 Å². The van der Waals surface area contributed by atoms with Gasteiger partial charge in [-0.25, -0.2) is 0 Å². The minimum atomic E-state index is 0.0396. The van der Waals surface area contributed by atoms with Gasteiger partial charge in [-0.05, 0) is 36.1 Å². The highest BCUT2D eigenvalue weighted by Gasteiger charge is 2.15. The normalized spacial score (nSPS) is 10.3. The van der Waals surface area contributed by atoms with Gasteiger partial charge in [-0.3, -0.25) is 4.79 Å². The molecule has 0 bridgehead atoms. The van der Waals surface area contributed by atoms with Crippen LogP contribution in [0.4, 0.5) is 5.69 Å². The maximum Gasteiger partial charge on any atom is 0.256 e. The fourth-order valence-electron chi connectivity index (χ4n) is 1.97. The van der Waals surface area contributed by atoms with Crippen molar-refractivity contribution >= 4 is 22.9 Å². The summed E-state index contributed by atoms with van der Waals surface area (Å²) >= 11 is 1.67. The smallest absolute Gasteiger partial charge is 0.256 e. The van der Waals surface area contributed by atoms with Crippen molar-refractivity contribution in [3.05, 3.63) is 51.7 Å². The number of anilines is 1. The molecule has 2 aromatic rings. The van der Waals surface area contributed by atoms with Crippen molar-refractivity contribution in [2.75, 3.05) is 19.4 Å². The first kappa shape index (κ1) is 13.6. The van der Waals surface area contributed by atoms with E-state index in [1.165, 1.54) is 4.88 Å². The number of amides is 1. The highest BCUT2D eigenvalue weighted by molar-refractivity contribution is 7.09. The van der Waals surface area contributed by atoms with E-state index in [1.54, 1.807) is 16.2 Å². The number of carbonyl (C=O) groups excluding carboxylic acids is 1. The SMILES string of the molecule is CNc1cc(C)ccc1C(=O)N(C)Cc1cccs1. The van der Waals surface area contributed by atoms with E-state index in [9.17, 15) is 4.79 Å². The highest BCUT2D eigenvalue weighted by Crippen LogP contribution is 2.20. The monoisotopic (exact) mass is 274 g/mol. The highest BCUT2D eigenvalue weighted by atomic mass is 32.1. The standard InChI is InChI=1S/C15H18N2OS/c1-11-6-7-13(14(9-11)16-2)15(18)17(3)10-12-5-4-8-19-12/h4-9,16H,10H2,1-3H3. The molecule has 0 saturated heterocycles. The number of carbonyl (C=O) groups is 1. The quantitative estimate of drug-likeness (QED) is 0.927. The zero-order valence-electron chi connectivity index (χ0n) is 11.4. The first-order valence-corrected chi connectivity index (χ1v) is 7.06. The van der Waals surface area contributed by atoms with E-state index >= 15 is 0 Å². The second kappa shape index (κ2) is 5.89. The first-order chi connectivity index (χ1) is 9.11. The molecule has 0 saturated carbocycles. The Labute approximate surface area is 117 Å². The van der Waals surface area contributed by atoms with Crippen LogP contribution in [-0.4, -0.2) is 24.9 Å². The van der Waals surface area contributed by atoms with Gasteiger partial charge in [0.2, 0.25) is 0 Å². The van der Waals surface area contributed by atoms with Gasteiger partial charge < -0.3 is 10.2 Å². The second-order valence-corrected chi connectivity index (χ2v) is 5.57. The molecule has 1 amide bonds. The number of benzene rings is 1. The third kappa shape index (κ3) is 3.15. The molecule has 0 atom stereocenters. The number of nitrogens with zero attached hydrogens (tertiary/aromatic N) is 1. The molecule has 0 aliphatic carbocycles. The molecule has 1 aromatic carbocycles. The van der Waals surface area contributed by atoms with Crippen LogP contribution in [0.5, 0.6) is 0 Å². The van der Waals surface area contributed by atoms with Crippen LogP contribution in [0.1, 0.15) is 20.8 Å². The fourth-order valence-corrected chi connectivity index (χ4v) is 2.72. The number of thiophene rings is 1. The number of aryl methyl sites for hydroxylation is 1. The number of hydrogen-bond donors (Lipinski definition) is 1. The number of rotatable bonds is 4. The molecule has 19 heavy (non-hydrogen) atoms. The van der Waals surface area contributed by atoms with Crippen LogP contribution in [-0.2, 0) is 6.54 Å². The minimum absolute atomic E-state index is 0.0396. The van der Waals surface area contributed by atoms with Crippen molar-refractivity contribution in [1.82, 2.24) is 4.90 Å². The molecule has 0 aliphatic heterocycles. The average molecular weight is 274 g/mol. The molecule has 0 spiro atoms. The van der Waals surface area contributed by atoms with Gasteiger partial charge in [-0.15, -0.1) is 11.3 Å². The molecule has 3 nitrogen and oxygen atoms in total. The van der Waals surface area contributed by atoms with Gasteiger partial charge in [0.05, 0.1) is 12.1 Å². The largest absolute Gasteiger partial charge is 0.387 e. The summed E-state index contributed by atoms with van der Waals surface area (Å²) in [7, 11) is 3.67. The van der Waals surface area contributed by atoms with Crippen LogP contribution >= 0.6 is 11.3 Å². The van der Waals surface area contributed by atoms with E-state index in [0.717, 1.165) is 11.3 Å². The van der Waals surface area contributed by atoms with Gasteiger partial charge in [0.1, 0.15) is 0 Å². The number of hydrogen-bond acceptors (Lipinski definition) is 3. The molecular formula is C15H18N2OS. The lowest BCUT2D eigenvalue weighted by Gasteiger charge is -2.18. The van der Waals surface area contributed by atoms with Gasteiger partial charge in [-0.2, -0.15) is 0 Å². The van der Waals surface area contributed by atoms with E-state index < -0.39 is 0 Å². The Bertz CT molecular complexity index is 564. The van der Waals surface area contributed by atoms with Gasteiger partial charge in [0.25, 0.3) is 5.91 Å². The molecule has 0 fully saturated rings. The van der Waals surface area contributed by atoms with Crippen molar-refractivity contribution in [2.24, 2.45) is 0 Å². The van der Waals surface area contributed by atoms with Crippen molar-refractivity contribution in [2.45, 2.75) is 13.5 Å². The maximum atomic E-state index is 12.5. The summed E-state index contributed by atoms with van der Waals surface area (Å²) in [6.07, 6.45) is 0. The summed E-state index contributed by atoms with van der Waals surface area (Å²) < 4.78 is 0. The average Bonchev–Trinajstić information content (AvgIpc) is 2.90. The summed E-state index contributed by atoms with van der Waals surface area (Å²) in [6, 6.07) is 9.89. The van der Waals surface area contributed by atoms with E-state index in [4.69, 9.17) is 0 Å². The lowest BCUT2D eigenvalue weighted by Crippen LogP contribution is -2.26. The Balaban J connectivity index is 2.19. The Hall–Kier alpha value is -1.81. The Morgan fingerprint density at radius 1 is 1.37 bits per heavy atom. The van der Waals surface area contributed by atoms with Crippen LogP contribution in [0.3, 0.4) is 0 Å². The Morgan fingerprint density at radius 3 is 2.79 bits per heavy atom. The summed E-state index contributed by atoms with van der Waals surface area (Å²) in [6.45, 7) is 2.66. The van der Waals surface area contributed by atoms with Gasteiger partial charge >= 0.3 is 0 Å². The summed E-state index contributed by atoms with van der Waals surface area (Å²) in [5.74, 6) is 0.0396. The number of nitrogens with one attached hydrogen (secondary N) is 1. The fraction of sp³-hybridized carbons (Fsp3) is 0.267. The van der Waals surface area contributed by atoms with Crippen LogP contribution in [0, 0.1) is 6.92 Å². The molecule has 0 aliphatic rings. The predicted octanol–water partition coefficient (Wildman–Crippen LogP) is 3.37. The van der Waals surface area contributed by atoms with E-state index in [-0.39, 0.29) is 5.91 Å². The van der Waals surface area contributed by atoms with Crippen LogP contribution in [0.25, 0.3) is 0 Å². The van der Waals surface area contributed by atoms with Gasteiger partial charge in [0.15, 0.2) is 0 Å². The minimum Gasteiger partial charge on any atom is -0.387 e. The van der Waals surface area contributed by atoms with Crippen molar-refractivity contribution in [3.8, 4) is 0 Å². The first-order valence-electron chi connectivity index (χ1n) is 6.18. The summed E-state index contributed by atoms with van der Waals surface area (Å²) in [4.78, 5) is 15.4. The van der Waals surface area contributed by atoms with Gasteiger partial charge in [0, 0.05) is 24.7 Å². The molecule has 1 aromatic heterocycles. The molecule has 0 unspecified atom stereocenters. The molecule has 100 valence electrons. The summed E-state index contributed by atoms with van der Waals surface area (Å²) in [5, 5.41) is 5.11. The molecule has 1 N–H and O–H groups in total. The lowest BCUT2D eigenvalue weighted by molar-refractivity contribution is 0.0787. The van der Waals surface area contributed by atoms with E-state index in [1.807, 2.05) is 56.7 Å². The van der Waals surface area contributed by atoms with Gasteiger partial charge in [-0.1, -0.05) is 12.1 Å². The van der Waals surface area contributed by atoms with Crippen molar-refractivity contribution < 1.29 is 4.79 Å². The molecular weight excluding hydrogens is 256 g/mol. The molecule has 1 heterocycles. The summed E-state index contributed by atoms with van der Waals surface area (Å²) in [5.41, 5.74) is 2.73. The third-order valence-electron chi connectivity index (χ3n) is 2.99. The third-order valence-corrected chi connectivity index (χ3v) is 3.86. The Kier molecular flexibility index (Phi) is 4.22. The van der Waals surface area contributed by atoms with Crippen molar-refractivity contribution in [1.29, 1.82) is 0 Å². The lowest BCUT2D eigenvalue weighted by atomic mass is 10.1. The maximum absolute atomic E-state index is 12.5. The zero-order valence-corrected chi connectivity index (χ0v) is 12.3. The van der Waals surface area contributed by atoms with Crippen LogP contribution < -0.4 is 5.32 Å². The zero-order chi connectivity index (χ0) is 13.8. The predicted molar refractivity (Wildman–Crippen MR) is 80.8 cm³/mol. The van der Waals surface area contributed by atoms with E-state index in [2.05, 4.69) is 5.32 Å². The Morgan fingerprint density at radius 2 is 2.16 bits per heavy atom. The molecule has 4 heteroatoms. The van der Waals surface area contributed by atoms with E-state index in [0.29, 0.717) is 12.1 Å². The molecule has 0 radical (unpaired) electrons. The molecule has 2 rings (SSSR count). The second-order valence-electron chi connectivity index (χ2n) is 4.54.